The summed E-state index contributed by atoms with van der Waals surface area (Å²) in [5.74, 6) is 0.790. The van der Waals surface area contributed by atoms with Gasteiger partial charge >= 0.3 is 0 Å². The van der Waals surface area contributed by atoms with E-state index in [1.54, 1.807) is 12.3 Å². The van der Waals surface area contributed by atoms with Gasteiger partial charge in [-0.05, 0) is 36.8 Å². The molecule has 2 rings (SSSR count). The Bertz CT molecular complexity index is 589. The Morgan fingerprint density at radius 1 is 1.35 bits per heavy atom. The summed E-state index contributed by atoms with van der Waals surface area (Å²) in [7, 11) is 0. The van der Waals surface area contributed by atoms with Crippen LogP contribution in [0.1, 0.15) is 5.56 Å². The third-order valence-corrected chi connectivity index (χ3v) is 3.72. The Morgan fingerprint density at radius 3 is 2.95 bits per heavy atom. The lowest BCUT2D eigenvalue weighted by Gasteiger charge is -2.09. The van der Waals surface area contributed by atoms with Gasteiger partial charge in [-0.25, -0.2) is 4.98 Å². The van der Waals surface area contributed by atoms with Crippen LogP contribution < -0.4 is 16.6 Å². The Balaban J connectivity index is 1.82. The van der Waals surface area contributed by atoms with Gasteiger partial charge in [-0.3, -0.25) is 15.6 Å². The molecule has 104 valence electrons. The van der Waals surface area contributed by atoms with Crippen molar-refractivity contribution in [3.63, 3.8) is 0 Å². The van der Waals surface area contributed by atoms with Crippen molar-refractivity contribution in [3.05, 3.63) is 48.2 Å². The average molecular weight is 288 g/mol. The molecule has 0 saturated heterocycles. The number of benzene rings is 1. The first-order chi connectivity index (χ1) is 9.65. The average Bonchev–Trinajstić information content (AvgIpc) is 2.47. The van der Waals surface area contributed by atoms with Crippen LogP contribution in [0.15, 0.2) is 47.5 Å². The fraction of sp³-hybridized carbons (Fsp3) is 0.143. The molecule has 1 aromatic heterocycles. The molecule has 0 bridgehead atoms. The van der Waals surface area contributed by atoms with E-state index in [0.717, 1.165) is 10.5 Å². The van der Waals surface area contributed by atoms with Crippen molar-refractivity contribution in [2.75, 3.05) is 16.9 Å². The zero-order valence-electron chi connectivity index (χ0n) is 11.1. The number of thioether (sulfide) groups is 1. The molecule has 0 aliphatic rings. The third-order valence-electron chi connectivity index (χ3n) is 2.57. The fourth-order valence-electron chi connectivity index (χ4n) is 1.52. The highest BCUT2D eigenvalue weighted by atomic mass is 32.2. The van der Waals surface area contributed by atoms with Gasteiger partial charge in [0.2, 0.25) is 5.91 Å². The van der Waals surface area contributed by atoms with Gasteiger partial charge in [-0.2, -0.15) is 0 Å². The maximum Gasteiger partial charge on any atom is 0.248 e. The summed E-state index contributed by atoms with van der Waals surface area (Å²) in [5, 5.41) is 0. The number of aromatic nitrogens is 1. The van der Waals surface area contributed by atoms with E-state index < -0.39 is 0 Å². The summed E-state index contributed by atoms with van der Waals surface area (Å²) >= 11 is 1.45. The van der Waals surface area contributed by atoms with E-state index in [1.807, 2.05) is 37.3 Å². The smallest absolute Gasteiger partial charge is 0.248 e. The van der Waals surface area contributed by atoms with E-state index in [-0.39, 0.29) is 5.91 Å². The van der Waals surface area contributed by atoms with E-state index >= 15 is 0 Å². The van der Waals surface area contributed by atoms with Crippen LogP contribution in [0.5, 0.6) is 0 Å². The maximum absolute atomic E-state index is 11.7. The maximum atomic E-state index is 11.7. The van der Waals surface area contributed by atoms with Gasteiger partial charge < -0.3 is 5.73 Å². The van der Waals surface area contributed by atoms with Gasteiger partial charge in [0.15, 0.2) is 0 Å². The van der Waals surface area contributed by atoms with Crippen molar-refractivity contribution in [2.24, 2.45) is 0 Å². The molecule has 0 unspecified atom stereocenters. The van der Waals surface area contributed by atoms with Crippen LogP contribution >= 0.6 is 11.8 Å². The van der Waals surface area contributed by atoms with E-state index in [2.05, 4.69) is 15.8 Å². The molecule has 0 aliphatic heterocycles. The highest BCUT2D eigenvalue weighted by Gasteiger charge is 2.05. The van der Waals surface area contributed by atoms with Crippen LogP contribution in [0.25, 0.3) is 0 Å². The first kappa shape index (κ1) is 14.2. The molecule has 1 heterocycles. The minimum absolute atomic E-state index is 0.123. The number of anilines is 2. The normalized spacial score (nSPS) is 10.1. The van der Waals surface area contributed by atoms with Crippen LogP contribution in [0.2, 0.25) is 0 Å². The first-order valence-electron chi connectivity index (χ1n) is 6.10. The lowest BCUT2D eigenvalue weighted by atomic mass is 10.2. The lowest BCUT2D eigenvalue weighted by molar-refractivity contribution is -0.118. The summed E-state index contributed by atoms with van der Waals surface area (Å²) in [4.78, 5) is 16.8. The number of nitrogens with zero attached hydrogens (tertiary/aromatic N) is 1. The number of aryl methyl sites for hydroxylation is 1. The minimum Gasteiger partial charge on any atom is -0.399 e. The predicted octanol–water partition coefficient (Wildman–Crippen LogP) is 2.21. The number of nitrogen functional groups attached to an aromatic ring is 1. The molecule has 20 heavy (non-hydrogen) atoms. The SMILES string of the molecule is Cc1ccc(N)cc1SCC(=O)NNc1ccccn1. The molecule has 1 aromatic carbocycles. The highest BCUT2D eigenvalue weighted by Crippen LogP contribution is 2.24. The second kappa shape index (κ2) is 6.81. The summed E-state index contributed by atoms with van der Waals surface area (Å²) in [6.45, 7) is 1.99. The summed E-state index contributed by atoms with van der Waals surface area (Å²) in [5.41, 5.74) is 12.9. The molecular formula is C14H16N4OS. The number of hydrazine groups is 1. The molecule has 0 atom stereocenters. The molecule has 6 heteroatoms. The minimum atomic E-state index is -0.123. The summed E-state index contributed by atoms with van der Waals surface area (Å²) in [6, 6.07) is 11.1. The molecule has 0 fully saturated rings. The number of nitrogens with one attached hydrogen (secondary N) is 2. The summed E-state index contributed by atoms with van der Waals surface area (Å²) < 4.78 is 0. The van der Waals surface area contributed by atoms with Gasteiger partial charge in [-0.1, -0.05) is 12.1 Å². The zero-order chi connectivity index (χ0) is 14.4. The van der Waals surface area contributed by atoms with Crippen LogP contribution in [0.3, 0.4) is 0 Å². The van der Waals surface area contributed by atoms with Crippen molar-refractivity contribution in [2.45, 2.75) is 11.8 Å². The molecule has 0 saturated carbocycles. The molecule has 0 aliphatic carbocycles. The molecule has 0 spiro atoms. The van der Waals surface area contributed by atoms with Gasteiger partial charge in [0.1, 0.15) is 5.82 Å². The molecule has 4 N–H and O–H groups in total. The van der Waals surface area contributed by atoms with Gasteiger partial charge in [0, 0.05) is 16.8 Å². The van der Waals surface area contributed by atoms with E-state index in [1.165, 1.54) is 11.8 Å². The zero-order valence-corrected chi connectivity index (χ0v) is 11.9. The van der Waals surface area contributed by atoms with Gasteiger partial charge in [-0.15, -0.1) is 11.8 Å². The molecular weight excluding hydrogens is 272 g/mol. The standard InChI is InChI=1S/C14H16N4OS/c1-10-5-6-11(15)8-12(10)20-9-14(19)18-17-13-4-2-3-7-16-13/h2-8H,9,15H2,1H3,(H,16,17)(H,18,19). The van der Waals surface area contributed by atoms with Crippen LogP contribution in [0, 0.1) is 6.92 Å². The number of nitrogens with two attached hydrogens (primary N) is 1. The highest BCUT2D eigenvalue weighted by molar-refractivity contribution is 8.00. The van der Waals surface area contributed by atoms with Crippen LogP contribution in [-0.4, -0.2) is 16.6 Å². The second-order valence-electron chi connectivity index (χ2n) is 4.20. The number of amides is 1. The fourth-order valence-corrected chi connectivity index (χ4v) is 2.40. The number of pyridine rings is 1. The van der Waals surface area contributed by atoms with E-state index in [9.17, 15) is 4.79 Å². The van der Waals surface area contributed by atoms with Gasteiger partial charge in [0.05, 0.1) is 5.75 Å². The van der Waals surface area contributed by atoms with Crippen LogP contribution in [0.4, 0.5) is 11.5 Å². The van der Waals surface area contributed by atoms with E-state index in [0.29, 0.717) is 17.3 Å². The molecule has 1 amide bonds. The number of hydrogen-bond donors (Lipinski definition) is 3. The number of carbonyl (C=O) groups excluding carboxylic acids is 1. The molecule has 0 radical (unpaired) electrons. The van der Waals surface area contributed by atoms with Gasteiger partial charge in [0.25, 0.3) is 0 Å². The monoisotopic (exact) mass is 288 g/mol. The number of rotatable bonds is 5. The molecule has 2 aromatic rings. The van der Waals surface area contributed by atoms with Crippen LogP contribution in [-0.2, 0) is 4.79 Å². The van der Waals surface area contributed by atoms with Crippen molar-refractivity contribution in [1.82, 2.24) is 10.4 Å². The van der Waals surface area contributed by atoms with Crippen molar-refractivity contribution >= 4 is 29.2 Å². The molecule has 5 nitrogen and oxygen atoms in total. The third kappa shape index (κ3) is 4.17. The number of carbonyl (C=O) groups is 1. The number of hydrogen-bond acceptors (Lipinski definition) is 5. The van der Waals surface area contributed by atoms with Crippen molar-refractivity contribution in [3.8, 4) is 0 Å². The predicted molar refractivity (Wildman–Crippen MR) is 82.3 cm³/mol. The topological polar surface area (TPSA) is 80.0 Å². The Morgan fingerprint density at radius 2 is 2.20 bits per heavy atom. The Labute approximate surface area is 121 Å². The Kier molecular flexibility index (Phi) is 4.84. The summed E-state index contributed by atoms with van der Waals surface area (Å²) in [6.07, 6.45) is 1.65. The van der Waals surface area contributed by atoms with Crippen molar-refractivity contribution in [1.29, 1.82) is 0 Å². The van der Waals surface area contributed by atoms with Crippen molar-refractivity contribution < 1.29 is 4.79 Å². The quantitative estimate of drug-likeness (QED) is 0.446. The largest absolute Gasteiger partial charge is 0.399 e. The van der Waals surface area contributed by atoms with E-state index in [4.69, 9.17) is 5.73 Å². The lowest BCUT2D eigenvalue weighted by Crippen LogP contribution is -2.31. The second-order valence-corrected chi connectivity index (χ2v) is 5.22. The Hall–Kier alpha value is -2.21. The first-order valence-corrected chi connectivity index (χ1v) is 7.08.